The van der Waals surface area contributed by atoms with E-state index in [0.717, 1.165) is 5.56 Å². The van der Waals surface area contributed by atoms with Crippen LogP contribution in [0.25, 0.3) is 0 Å². The number of fused-ring (bicyclic) bond motifs is 1. The van der Waals surface area contributed by atoms with Crippen LogP contribution in [-0.2, 0) is 16.1 Å². The predicted molar refractivity (Wildman–Crippen MR) is 117 cm³/mol. The fourth-order valence-electron chi connectivity index (χ4n) is 4.44. The molecule has 2 aliphatic rings. The summed E-state index contributed by atoms with van der Waals surface area (Å²) in [5, 5.41) is 8.62. The fourth-order valence-corrected chi connectivity index (χ4v) is 4.44. The van der Waals surface area contributed by atoms with Gasteiger partial charge in [0, 0.05) is 43.7 Å². The van der Waals surface area contributed by atoms with E-state index < -0.39 is 5.82 Å². The number of amides is 3. The van der Waals surface area contributed by atoms with E-state index in [-0.39, 0.29) is 53.6 Å². The van der Waals surface area contributed by atoms with Gasteiger partial charge >= 0.3 is 0 Å². The third kappa shape index (κ3) is 5.73. The first-order chi connectivity index (χ1) is 15.9. The van der Waals surface area contributed by atoms with Crippen molar-refractivity contribution in [1.29, 1.82) is 0 Å². The van der Waals surface area contributed by atoms with E-state index in [0.29, 0.717) is 32.5 Å². The average Bonchev–Trinajstić information content (AvgIpc) is 3.23. The molecular weight excluding hydrogens is 430 g/mol. The normalized spacial score (nSPS) is 22.4. The SMILES string of the molecule is O=C(CCC1CNC(=O)C2CC(NC(=O)c3cccc(F)c3)CN12)NCc1ccc(F)cc1. The molecule has 2 saturated heterocycles. The summed E-state index contributed by atoms with van der Waals surface area (Å²) in [6.07, 6.45) is 1.29. The Hall–Kier alpha value is -3.33. The number of benzene rings is 2. The van der Waals surface area contributed by atoms with Crippen molar-refractivity contribution in [3.63, 3.8) is 0 Å². The summed E-state index contributed by atoms with van der Waals surface area (Å²) < 4.78 is 26.4. The minimum atomic E-state index is -0.483. The number of hydrogen-bond donors (Lipinski definition) is 3. The van der Waals surface area contributed by atoms with Crippen molar-refractivity contribution >= 4 is 17.7 Å². The molecule has 0 spiro atoms. The maximum atomic E-state index is 13.4. The predicted octanol–water partition coefficient (Wildman–Crippen LogP) is 1.73. The third-order valence-corrected chi connectivity index (χ3v) is 6.15. The zero-order valence-corrected chi connectivity index (χ0v) is 18.0. The molecule has 2 aromatic carbocycles. The zero-order valence-electron chi connectivity index (χ0n) is 18.0. The molecule has 0 radical (unpaired) electrons. The summed E-state index contributed by atoms with van der Waals surface area (Å²) in [5.74, 6) is -1.40. The van der Waals surface area contributed by atoms with Gasteiger partial charge in [-0.1, -0.05) is 18.2 Å². The van der Waals surface area contributed by atoms with Crippen LogP contribution in [0.2, 0.25) is 0 Å². The van der Waals surface area contributed by atoms with Crippen LogP contribution in [-0.4, -0.2) is 53.8 Å². The molecule has 33 heavy (non-hydrogen) atoms. The summed E-state index contributed by atoms with van der Waals surface area (Å²) in [5.41, 5.74) is 1.05. The van der Waals surface area contributed by atoms with E-state index in [1.807, 2.05) is 4.90 Å². The van der Waals surface area contributed by atoms with Gasteiger partial charge < -0.3 is 16.0 Å². The van der Waals surface area contributed by atoms with E-state index in [4.69, 9.17) is 0 Å². The number of nitrogens with zero attached hydrogens (tertiary/aromatic N) is 1. The highest BCUT2D eigenvalue weighted by Crippen LogP contribution is 2.26. The summed E-state index contributed by atoms with van der Waals surface area (Å²) in [6.45, 7) is 1.24. The van der Waals surface area contributed by atoms with E-state index in [9.17, 15) is 23.2 Å². The number of carbonyl (C=O) groups excluding carboxylic acids is 3. The molecule has 2 aromatic rings. The molecule has 2 fully saturated rings. The van der Waals surface area contributed by atoms with Crippen LogP contribution < -0.4 is 16.0 Å². The lowest BCUT2D eigenvalue weighted by molar-refractivity contribution is -0.129. The highest BCUT2D eigenvalue weighted by Gasteiger charge is 2.43. The Bertz CT molecular complexity index is 1030. The van der Waals surface area contributed by atoms with Crippen LogP contribution >= 0.6 is 0 Å². The first-order valence-electron chi connectivity index (χ1n) is 11.0. The number of carbonyl (C=O) groups is 3. The van der Waals surface area contributed by atoms with Gasteiger partial charge in [-0.25, -0.2) is 8.78 Å². The Balaban J connectivity index is 1.29. The van der Waals surface area contributed by atoms with Crippen LogP contribution in [0.3, 0.4) is 0 Å². The minimum Gasteiger partial charge on any atom is -0.353 e. The second kappa shape index (κ2) is 10.1. The van der Waals surface area contributed by atoms with Crippen LogP contribution in [0.1, 0.15) is 35.2 Å². The van der Waals surface area contributed by atoms with Crippen LogP contribution in [0, 0.1) is 11.6 Å². The molecule has 2 aliphatic heterocycles. The standard InChI is InChI=1S/C24H26F2N4O3/c25-17-6-4-15(5-7-17)12-27-22(31)9-8-20-13-28-24(33)21-11-19(14-30(20)21)29-23(32)16-2-1-3-18(26)10-16/h1-7,10,19-21H,8-9,11-14H2,(H,27,31)(H,28,33)(H,29,32). The van der Waals surface area contributed by atoms with Gasteiger partial charge in [-0.05, 0) is 48.7 Å². The second-order valence-corrected chi connectivity index (χ2v) is 8.47. The maximum absolute atomic E-state index is 13.4. The first-order valence-corrected chi connectivity index (χ1v) is 11.0. The Kier molecular flexibility index (Phi) is 6.98. The number of halogens is 2. The first kappa shape index (κ1) is 22.8. The number of hydrogen-bond acceptors (Lipinski definition) is 4. The second-order valence-electron chi connectivity index (χ2n) is 8.47. The van der Waals surface area contributed by atoms with Gasteiger partial charge in [0.15, 0.2) is 0 Å². The molecule has 3 unspecified atom stereocenters. The zero-order chi connectivity index (χ0) is 23.4. The lowest BCUT2D eigenvalue weighted by Gasteiger charge is -2.37. The molecule has 3 amide bonds. The topological polar surface area (TPSA) is 90.5 Å². The van der Waals surface area contributed by atoms with Gasteiger partial charge in [-0.3, -0.25) is 19.3 Å². The Morgan fingerprint density at radius 3 is 2.64 bits per heavy atom. The fraction of sp³-hybridized carbons (Fsp3) is 0.375. The highest BCUT2D eigenvalue weighted by molar-refractivity contribution is 5.94. The quantitative estimate of drug-likeness (QED) is 0.592. The molecule has 0 aromatic heterocycles. The van der Waals surface area contributed by atoms with Gasteiger partial charge in [0.25, 0.3) is 5.91 Å². The monoisotopic (exact) mass is 456 g/mol. The van der Waals surface area contributed by atoms with E-state index in [1.165, 1.54) is 30.3 Å². The van der Waals surface area contributed by atoms with Crippen molar-refractivity contribution in [1.82, 2.24) is 20.9 Å². The van der Waals surface area contributed by atoms with Gasteiger partial charge in [-0.2, -0.15) is 0 Å². The Morgan fingerprint density at radius 2 is 1.88 bits per heavy atom. The molecule has 0 aliphatic carbocycles. The Labute approximate surface area is 190 Å². The summed E-state index contributed by atoms with van der Waals surface area (Å²) in [7, 11) is 0. The van der Waals surface area contributed by atoms with Gasteiger partial charge in [0.05, 0.1) is 6.04 Å². The number of nitrogens with one attached hydrogen (secondary N) is 3. The van der Waals surface area contributed by atoms with Crippen LogP contribution in [0.5, 0.6) is 0 Å². The molecule has 3 atom stereocenters. The van der Waals surface area contributed by atoms with Crippen molar-refractivity contribution in [3.05, 3.63) is 71.3 Å². The Morgan fingerprint density at radius 1 is 1.09 bits per heavy atom. The molecule has 0 bridgehead atoms. The lowest BCUT2D eigenvalue weighted by Crippen LogP contribution is -2.58. The van der Waals surface area contributed by atoms with Crippen molar-refractivity contribution in [2.45, 2.75) is 43.9 Å². The van der Waals surface area contributed by atoms with Crippen LogP contribution in [0.15, 0.2) is 48.5 Å². The van der Waals surface area contributed by atoms with Gasteiger partial charge in [0.2, 0.25) is 11.8 Å². The molecule has 3 N–H and O–H groups in total. The van der Waals surface area contributed by atoms with E-state index in [2.05, 4.69) is 16.0 Å². The van der Waals surface area contributed by atoms with Crippen molar-refractivity contribution in [2.75, 3.05) is 13.1 Å². The van der Waals surface area contributed by atoms with E-state index >= 15 is 0 Å². The molecule has 9 heteroatoms. The minimum absolute atomic E-state index is 0.0275. The molecule has 174 valence electrons. The highest BCUT2D eigenvalue weighted by atomic mass is 19.1. The molecule has 7 nitrogen and oxygen atoms in total. The smallest absolute Gasteiger partial charge is 0.251 e. The maximum Gasteiger partial charge on any atom is 0.251 e. The average molecular weight is 456 g/mol. The molecular formula is C24H26F2N4O3. The number of piperazine rings is 1. The summed E-state index contributed by atoms with van der Waals surface area (Å²) in [4.78, 5) is 39.2. The van der Waals surface area contributed by atoms with Crippen molar-refractivity contribution < 1.29 is 23.2 Å². The van der Waals surface area contributed by atoms with E-state index in [1.54, 1.807) is 18.2 Å². The lowest BCUT2D eigenvalue weighted by atomic mass is 10.0. The van der Waals surface area contributed by atoms with Crippen molar-refractivity contribution in [3.8, 4) is 0 Å². The molecule has 4 rings (SSSR count). The summed E-state index contributed by atoms with van der Waals surface area (Å²) >= 11 is 0. The molecule has 2 heterocycles. The third-order valence-electron chi connectivity index (χ3n) is 6.15. The molecule has 0 saturated carbocycles. The van der Waals surface area contributed by atoms with Crippen molar-refractivity contribution in [2.24, 2.45) is 0 Å². The van der Waals surface area contributed by atoms with Crippen LogP contribution in [0.4, 0.5) is 8.78 Å². The van der Waals surface area contributed by atoms with Gasteiger partial charge in [0.1, 0.15) is 11.6 Å². The largest absolute Gasteiger partial charge is 0.353 e. The number of rotatable bonds is 7. The summed E-state index contributed by atoms with van der Waals surface area (Å²) in [6, 6.07) is 10.8. The van der Waals surface area contributed by atoms with Gasteiger partial charge in [-0.15, -0.1) is 0 Å².